The zero-order valence-electron chi connectivity index (χ0n) is 13.0. The molecule has 4 heteroatoms. The lowest BCUT2D eigenvalue weighted by atomic mass is 10.1. The summed E-state index contributed by atoms with van der Waals surface area (Å²) in [4.78, 5) is 6.81. The van der Waals surface area contributed by atoms with Crippen molar-refractivity contribution in [2.24, 2.45) is 0 Å². The van der Waals surface area contributed by atoms with Crippen LogP contribution in [0, 0.1) is 0 Å². The van der Waals surface area contributed by atoms with Crippen LogP contribution in [0.15, 0.2) is 30.5 Å². The van der Waals surface area contributed by atoms with Gasteiger partial charge in [0.2, 0.25) is 5.88 Å². The van der Waals surface area contributed by atoms with Gasteiger partial charge in [0.05, 0.1) is 0 Å². The second-order valence-corrected chi connectivity index (χ2v) is 6.47. The summed E-state index contributed by atoms with van der Waals surface area (Å²) >= 11 is 0. The van der Waals surface area contributed by atoms with E-state index in [1.807, 2.05) is 27.0 Å². The Bertz CT molecular complexity index is 627. The standard InChI is InChI=1S/C17H23N3O/c1-17(2,3)21-16-15-5-4-14(12-13(15)6-7-19-16)20-10-8-18-9-11-20/h4-7,12,18H,8-11H2,1-3H3. The first-order chi connectivity index (χ1) is 10.0. The number of piperazine rings is 1. The molecule has 0 aliphatic carbocycles. The number of pyridine rings is 1. The fourth-order valence-electron chi connectivity index (χ4n) is 2.63. The molecule has 0 radical (unpaired) electrons. The molecule has 4 nitrogen and oxygen atoms in total. The van der Waals surface area contributed by atoms with E-state index >= 15 is 0 Å². The monoisotopic (exact) mass is 285 g/mol. The summed E-state index contributed by atoms with van der Waals surface area (Å²) in [5, 5.41) is 5.64. The minimum atomic E-state index is -0.238. The van der Waals surface area contributed by atoms with Crippen molar-refractivity contribution in [2.75, 3.05) is 31.1 Å². The Hall–Kier alpha value is -1.81. The average molecular weight is 285 g/mol. The minimum Gasteiger partial charge on any atom is -0.471 e. The second-order valence-electron chi connectivity index (χ2n) is 6.47. The van der Waals surface area contributed by atoms with Crippen LogP contribution in [0.25, 0.3) is 10.8 Å². The first-order valence-electron chi connectivity index (χ1n) is 7.56. The number of hydrogen-bond donors (Lipinski definition) is 1. The Kier molecular flexibility index (Phi) is 3.72. The molecule has 1 fully saturated rings. The highest BCUT2D eigenvalue weighted by molar-refractivity contribution is 5.89. The fraction of sp³-hybridized carbons (Fsp3) is 0.471. The summed E-state index contributed by atoms with van der Waals surface area (Å²) in [7, 11) is 0. The van der Waals surface area contributed by atoms with E-state index in [4.69, 9.17) is 4.74 Å². The molecule has 0 bridgehead atoms. The van der Waals surface area contributed by atoms with Crippen molar-refractivity contribution in [3.8, 4) is 5.88 Å². The lowest BCUT2D eigenvalue weighted by Crippen LogP contribution is -2.43. The molecule has 21 heavy (non-hydrogen) atoms. The topological polar surface area (TPSA) is 37.4 Å². The first kappa shape index (κ1) is 14.1. The van der Waals surface area contributed by atoms with Gasteiger partial charge in [-0.25, -0.2) is 4.98 Å². The molecule has 1 saturated heterocycles. The van der Waals surface area contributed by atoms with E-state index in [9.17, 15) is 0 Å². The SMILES string of the molecule is CC(C)(C)Oc1nccc2cc(N3CCNCC3)ccc12. The molecule has 2 heterocycles. The number of benzene rings is 1. The van der Waals surface area contributed by atoms with Crippen LogP contribution in [0.3, 0.4) is 0 Å². The van der Waals surface area contributed by atoms with Gasteiger partial charge < -0.3 is 15.0 Å². The van der Waals surface area contributed by atoms with Crippen molar-refractivity contribution in [2.45, 2.75) is 26.4 Å². The third kappa shape index (κ3) is 3.27. The lowest BCUT2D eigenvalue weighted by molar-refractivity contribution is 0.126. The number of nitrogens with one attached hydrogen (secondary N) is 1. The van der Waals surface area contributed by atoms with Crippen LogP contribution in [-0.2, 0) is 0 Å². The van der Waals surface area contributed by atoms with Crippen molar-refractivity contribution in [3.05, 3.63) is 30.5 Å². The first-order valence-corrected chi connectivity index (χ1v) is 7.56. The third-order valence-corrected chi connectivity index (χ3v) is 3.60. The van der Waals surface area contributed by atoms with Crippen molar-refractivity contribution in [1.82, 2.24) is 10.3 Å². The molecule has 1 aromatic carbocycles. The Labute approximate surface area is 126 Å². The maximum Gasteiger partial charge on any atom is 0.221 e. The van der Waals surface area contributed by atoms with Gasteiger partial charge in [0.25, 0.3) is 0 Å². The lowest BCUT2D eigenvalue weighted by Gasteiger charge is -2.29. The van der Waals surface area contributed by atoms with Gasteiger partial charge in [-0.15, -0.1) is 0 Å². The van der Waals surface area contributed by atoms with Crippen LogP contribution in [-0.4, -0.2) is 36.8 Å². The number of aromatic nitrogens is 1. The van der Waals surface area contributed by atoms with Crippen LogP contribution in [0.2, 0.25) is 0 Å². The van der Waals surface area contributed by atoms with Gasteiger partial charge in [-0.3, -0.25) is 0 Å². The van der Waals surface area contributed by atoms with E-state index in [2.05, 4.69) is 39.5 Å². The predicted molar refractivity (Wildman–Crippen MR) is 87.2 cm³/mol. The molecule has 0 saturated carbocycles. The van der Waals surface area contributed by atoms with Crippen molar-refractivity contribution < 1.29 is 4.74 Å². The zero-order chi connectivity index (χ0) is 14.9. The van der Waals surface area contributed by atoms with Crippen LogP contribution in [0.5, 0.6) is 5.88 Å². The largest absolute Gasteiger partial charge is 0.471 e. The predicted octanol–water partition coefficient (Wildman–Crippen LogP) is 2.82. The summed E-state index contributed by atoms with van der Waals surface area (Å²) in [6.07, 6.45) is 1.82. The van der Waals surface area contributed by atoms with Gasteiger partial charge in [0.1, 0.15) is 5.60 Å². The molecule has 112 valence electrons. The summed E-state index contributed by atoms with van der Waals surface area (Å²) in [6.45, 7) is 10.3. The Morgan fingerprint density at radius 2 is 1.90 bits per heavy atom. The molecule has 1 aliphatic heterocycles. The fourth-order valence-corrected chi connectivity index (χ4v) is 2.63. The number of ether oxygens (including phenoxy) is 1. The molecule has 0 unspecified atom stereocenters. The number of hydrogen-bond acceptors (Lipinski definition) is 4. The molecule has 1 aromatic heterocycles. The van der Waals surface area contributed by atoms with Crippen LogP contribution < -0.4 is 15.0 Å². The van der Waals surface area contributed by atoms with Gasteiger partial charge in [-0.1, -0.05) is 0 Å². The molecule has 3 rings (SSSR count). The van der Waals surface area contributed by atoms with Gasteiger partial charge >= 0.3 is 0 Å². The Morgan fingerprint density at radius 3 is 2.62 bits per heavy atom. The van der Waals surface area contributed by atoms with Gasteiger partial charge in [-0.05, 0) is 50.4 Å². The van der Waals surface area contributed by atoms with Crippen molar-refractivity contribution >= 4 is 16.5 Å². The van der Waals surface area contributed by atoms with E-state index in [0.717, 1.165) is 31.6 Å². The van der Waals surface area contributed by atoms with E-state index < -0.39 is 0 Å². The number of nitrogens with zero attached hydrogens (tertiary/aromatic N) is 2. The maximum atomic E-state index is 5.97. The van der Waals surface area contributed by atoms with Crippen LogP contribution >= 0.6 is 0 Å². The van der Waals surface area contributed by atoms with E-state index in [1.165, 1.54) is 11.1 Å². The highest BCUT2D eigenvalue weighted by Gasteiger charge is 2.16. The smallest absolute Gasteiger partial charge is 0.221 e. The van der Waals surface area contributed by atoms with E-state index in [-0.39, 0.29) is 5.60 Å². The second kappa shape index (κ2) is 5.53. The maximum absolute atomic E-state index is 5.97. The summed E-state index contributed by atoms with van der Waals surface area (Å²) in [6, 6.07) is 8.58. The molecule has 1 aliphatic rings. The van der Waals surface area contributed by atoms with E-state index in [1.54, 1.807) is 0 Å². The zero-order valence-corrected chi connectivity index (χ0v) is 13.0. The van der Waals surface area contributed by atoms with Gasteiger partial charge in [0, 0.05) is 43.4 Å². The van der Waals surface area contributed by atoms with Crippen molar-refractivity contribution in [1.29, 1.82) is 0 Å². The quantitative estimate of drug-likeness (QED) is 0.920. The molecule has 0 amide bonds. The van der Waals surface area contributed by atoms with Crippen LogP contribution in [0.1, 0.15) is 20.8 Å². The minimum absolute atomic E-state index is 0.238. The van der Waals surface area contributed by atoms with Gasteiger partial charge in [0.15, 0.2) is 0 Å². The Balaban J connectivity index is 1.95. The molecule has 0 atom stereocenters. The Morgan fingerprint density at radius 1 is 1.14 bits per heavy atom. The number of anilines is 1. The highest BCUT2D eigenvalue weighted by Crippen LogP contribution is 2.29. The summed E-state index contributed by atoms with van der Waals surface area (Å²) < 4.78 is 5.97. The van der Waals surface area contributed by atoms with E-state index in [0.29, 0.717) is 5.88 Å². The average Bonchev–Trinajstić information content (AvgIpc) is 2.46. The van der Waals surface area contributed by atoms with Crippen molar-refractivity contribution in [3.63, 3.8) is 0 Å². The third-order valence-electron chi connectivity index (χ3n) is 3.60. The molecular weight excluding hydrogens is 262 g/mol. The number of rotatable bonds is 2. The molecular formula is C17H23N3O. The highest BCUT2D eigenvalue weighted by atomic mass is 16.5. The molecule has 1 N–H and O–H groups in total. The summed E-state index contributed by atoms with van der Waals surface area (Å²) in [5.74, 6) is 0.715. The summed E-state index contributed by atoms with van der Waals surface area (Å²) in [5.41, 5.74) is 1.04. The van der Waals surface area contributed by atoms with Gasteiger partial charge in [-0.2, -0.15) is 0 Å². The normalized spacial score (nSPS) is 16.2. The number of fused-ring (bicyclic) bond motifs is 1. The molecule has 0 spiro atoms. The molecule has 2 aromatic rings. The van der Waals surface area contributed by atoms with Crippen LogP contribution in [0.4, 0.5) is 5.69 Å².